The van der Waals surface area contributed by atoms with E-state index in [0.29, 0.717) is 37.0 Å². The number of hydrogen-bond acceptors (Lipinski definition) is 4. The van der Waals surface area contributed by atoms with Crippen LogP contribution in [0.2, 0.25) is 0 Å². The summed E-state index contributed by atoms with van der Waals surface area (Å²) < 4.78 is 107. The Labute approximate surface area is 261 Å². The maximum atomic E-state index is 14.0. The van der Waals surface area contributed by atoms with E-state index in [1.165, 1.54) is 31.2 Å². The molecule has 12 heteroatoms. The Morgan fingerprint density at radius 3 is 2.13 bits per heavy atom. The van der Waals surface area contributed by atoms with Crippen molar-refractivity contribution in [2.45, 2.75) is 82.2 Å². The number of carbonyl (C=O) groups is 2. The molecular formula is C34H32F7NO4. The van der Waals surface area contributed by atoms with E-state index in [4.69, 9.17) is 9.47 Å². The zero-order valence-corrected chi connectivity index (χ0v) is 25.0. The summed E-state index contributed by atoms with van der Waals surface area (Å²) >= 11 is 0. The Morgan fingerprint density at radius 1 is 0.935 bits per heavy atom. The van der Waals surface area contributed by atoms with Crippen molar-refractivity contribution in [1.29, 1.82) is 0 Å². The monoisotopic (exact) mass is 651 g/mol. The van der Waals surface area contributed by atoms with Crippen LogP contribution in [0.25, 0.3) is 0 Å². The average Bonchev–Trinajstić information content (AvgIpc) is 3.56. The lowest BCUT2D eigenvalue weighted by Gasteiger charge is -2.42. The van der Waals surface area contributed by atoms with Gasteiger partial charge in [0.05, 0.1) is 28.9 Å². The molecule has 0 N–H and O–H groups in total. The molecule has 5 atom stereocenters. The van der Waals surface area contributed by atoms with Gasteiger partial charge in [0, 0.05) is 12.3 Å². The molecule has 3 aromatic rings. The number of rotatable bonds is 7. The van der Waals surface area contributed by atoms with Crippen LogP contribution in [0.5, 0.6) is 0 Å². The van der Waals surface area contributed by atoms with Gasteiger partial charge in [-0.05, 0) is 86.1 Å². The number of imide groups is 1. The second-order valence-corrected chi connectivity index (χ2v) is 12.0. The van der Waals surface area contributed by atoms with Gasteiger partial charge in [0.1, 0.15) is 12.4 Å². The highest BCUT2D eigenvalue weighted by Crippen LogP contribution is 2.53. The minimum absolute atomic E-state index is 0.0621. The first-order valence-corrected chi connectivity index (χ1v) is 14.8. The van der Waals surface area contributed by atoms with Crippen LogP contribution in [0.1, 0.15) is 79.4 Å². The van der Waals surface area contributed by atoms with Crippen molar-refractivity contribution in [3.8, 4) is 0 Å². The number of benzene rings is 3. The zero-order valence-electron chi connectivity index (χ0n) is 25.0. The van der Waals surface area contributed by atoms with E-state index in [2.05, 4.69) is 0 Å². The van der Waals surface area contributed by atoms with Gasteiger partial charge in [-0.15, -0.1) is 0 Å². The molecule has 2 aliphatic rings. The van der Waals surface area contributed by atoms with Gasteiger partial charge in [-0.3, -0.25) is 4.79 Å². The molecule has 5 nitrogen and oxygen atoms in total. The van der Waals surface area contributed by atoms with Crippen molar-refractivity contribution >= 4 is 12.0 Å². The fourth-order valence-electron chi connectivity index (χ4n) is 6.81. The molecule has 0 spiro atoms. The number of nitrogens with zero attached hydrogens (tertiary/aromatic N) is 1. The van der Waals surface area contributed by atoms with Gasteiger partial charge in [-0.2, -0.15) is 26.3 Å². The molecule has 2 amide bonds. The van der Waals surface area contributed by atoms with Crippen LogP contribution >= 0.6 is 0 Å². The SMILES string of the molecule is C[C@@H](O[C@H]1CC[C@@H]([C@]2(C)CCC(=O)N2C(=O)OCc2ccccc2)[C@@H]1c1ccc(F)cc1)c1cc(C(F)(F)F)cc(C(F)(F)F)c1. The molecule has 1 saturated carbocycles. The Bertz CT molecular complexity index is 1530. The lowest BCUT2D eigenvalue weighted by molar-refractivity contribution is -0.143. The third-order valence-corrected chi connectivity index (χ3v) is 9.10. The van der Waals surface area contributed by atoms with Crippen molar-refractivity contribution in [3.63, 3.8) is 0 Å². The number of alkyl halides is 6. The molecule has 0 unspecified atom stereocenters. The second kappa shape index (κ2) is 12.7. The molecule has 2 fully saturated rings. The predicted octanol–water partition coefficient (Wildman–Crippen LogP) is 9.22. The number of ether oxygens (including phenoxy) is 2. The van der Waals surface area contributed by atoms with Crippen molar-refractivity contribution in [2.24, 2.45) is 5.92 Å². The number of hydrogen-bond donors (Lipinski definition) is 0. The van der Waals surface area contributed by atoms with Crippen LogP contribution in [0.4, 0.5) is 35.5 Å². The van der Waals surface area contributed by atoms with Gasteiger partial charge < -0.3 is 9.47 Å². The van der Waals surface area contributed by atoms with E-state index in [-0.39, 0.29) is 24.7 Å². The van der Waals surface area contributed by atoms with E-state index in [1.807, 2.05) is 6.07 Å². The van der Waals surface area contributed by atoms with E-state index in [9.17, 15) is 40.3 Å². The first kappa shape index (κ1) is 33.4. The lowest BCUT2D eigenvalue weighted by Crippen LogP contribution is -2.53. The summed E-state index contributed by atoms with van der Waals surface area (Å²) in [7, 11) is 0. The Balaban J connectivity index is 1.45. The van der Waals surface area contributed by atoms with Crippen LogP contribution in [0, 0.1) is 11.7 Å². The summed E-state index contributed by atoms with van der Waals surface area (Å²) in [5, 5.41) is 0. The van der Waals surface area contributed by atoms with Crippen LogP contribution in [-0.4, -0.2) is 28.5 Å². The molecule has 0 bridgehead atoms. The molecule has 1 saturated heterocycles. The van der Waals surface area contributed by atoms with Crippen LogP contribution in [0.3, 0.4) is 0 Å². The molecule has 1 aliphatic heterocycles. The summed E-state index contributed by atoms with van der Waals surface area (Å²) in [5.74, 6) is -1.98. The van der Waals surface area contributed by atoms with Crippen molar-refractivity contribution < 1.29 is 49.8 Å². The van der Waals surface area contributed by atoms with Crippen molar-refractivity contribution in [3.05, 3.63) is 106 Å². The summed E-state index contributed by atoms with van der Waals surface area (Å²) in [6.45, 7) is 3.07. The maximum absolute atomic E-state index is 14.0. The van der Waals surface area contributed by atoms with Gasteiger partial charge in [-0.25, -0.2) is 14.1 Å². The smallest absolute Gasteiger partial charge is 0.417 e. The minimum Gasteiger partial charge on any atom is -0.444 e. The number of halogens is 7. The largest absolute Gasteiger partial charge is 0.444 e. The first-order chi connectivity index (χ1) is 21.6. The van der Waals surface area contributed by atoms with Gasteiger partial charge in [0.15, 0.2) is 0 Å². The van der Waals surface area contributed by atoms with E-state index < -0.39 is 70.9 Å². The number of amides is 2. The highest BCUT2D eigenvalue weighted by Gasteiger charge is 2.56. The maximum Gasteiger partial charge on any atom is 0.417 e. The molecule has 0 aromatic heterocycles. The van der Waals surface area contributed by atoms with E-state index >= 15 is 0 Å². The molecule has 0 radical (unpaired) electrons. The zero-order chi connectivity index (χ0) is 33.4. The van der Waals surface area contributed by atoms with Gasteiger partial charge in [0.2, 0.25) is 5.91 Å². The quantitative estimate of drug-likeness (QED) is 0.239. The number of likely N-dealkylation sites (tertiary alicyclic amines) is 1. The predicted molar refractivity (Wildman–Crippen MR) is 153 cm³/mol. The Kier molecular flexibility index (Phi) is 9.23. The first-order valence-electron chi connectivity index (χ1n) is 14.8. The highest BCUT2D eigenvalue weighted by atomic mass is 19.4. The lowest BCUT2D eigenvalue weighted by atomic mass is 9.74. The number of carbonyl (C=O) groups excluding carboxylic acids is 2. The topological polar surface area (TPSA) is 55.8 Å². The van der Waals surface area contributed by atoms with Crippen molar-refractivity contribution in [2.75, 3.05) is 0 Å². The summed E-state index contributed by atoms with van der Waals surface area (Å²) in [5.41, 5.74) is -2.95. The summed E-state index contributed by atoms with van der Waals surface area (Å²) in [6, 6.07) is 15.8. The van der Waals surface area contributed by atoms with E-state index in [0.717, 1.165) is 10.5 Å². The standard InChI is InChI=1S/C34H32F7NO4/c1-20(23-16-24(33(36,37)38)18-25(17-23)34(39,40)41)46-28-13-12-27(30(28)22-8-10-26(35)11-9-22)32(2)15-14-29(43)42(32)31(44)45-19-21-6-4-3-5-7-21/h3-11,16-18,20,27-28,30H,12-15,19H2,1-2H3/t20-,27-,28+,30+,32+/m1/s1. The van der Waals surface area contributed by atoms with Gasteiger partial charge >= 0.3 is 18.4 Å². The van der Waals surface area contributed by atoms with Crippen LogP contribution in [0.15, 0.2) is 72.8 Å². The van der Waals surface area contributed by atoms with Crippen molar-refractivity contribution in [1.82, 2.24) is 4.90 Å². The third kappa shape index (κ3) is 6.91. The normalized spacial score (nSPS) is 24.3. The third-order valence-electron chi connectivity index (χ3n) is 9.10. The molecule has 1 aliphatic carbocycles. The van der Waals surface area contributed by atoms with Crippen LogP contribution < -0.4 is 0 Å². The summed E-state index contributed by atoms with van der Waals surface area (Å²) in [6.07, 6.45) is -11.7. The highest BCUT2D eigenvalue weighted by molar-refractivity contribution is 5.95. The molecule has 46 heavy (non-hydrogen) atoms. The Hall–Kier alpha value is -3.93. The molecule has 246 valence electrons. The summed E-state index contributed by atoms with van der Waals surface area (Å²) in [4.78, 5) is 27.6. The van der Waals surface area contributed by atoms with Gasteiger partial charge in [-0.1, -0.05) is 42.5 Å². The molecule has 1 heterocycles. The molecule has 5 rings (SSSR count). The second-order valence-electron chi connectivity index (χ2n) is 12.0. The van der Waals surface area contributed by atoms with Gasteiger partial charge in [0.25, 0.3) is 0 Å². The minimum atomic E-state index is -5.02. The fraction of sp³-hybridized carbons (Fsp3) is 0.412. The Morgan fingerprint density at radius 2 is 1.54 bits per heavy atom. The molecule has 3 aromatic carbocycles. The molecular weight excluding hydrogens is 619 g/mol. The average molecular weight is 652 g/mol. The fourth-order valence-corrected chi connectivity index (χ4v) is 6.81. The van der Waals surface area contributed by atoms with Crippen LogP contribution in [-0.2, 0) is 33.2 Å². The van der Waals surface area contributed by atoms with E-state index in [1.54, 1.807) is 31.2 Å².